The number of fused-ring (bicyclic) bond motifs is 1. The summed E-state index contributed by atoms with van der Waals surface area (Å²) in [6, 6.07) is 7.21. The van der Waals surface area contributed by atoms with Crippen molar-refractivity contribution in [2.45, 2.75) is 12.8 Å². The molecule has 0 spiro atoms. The molecule has 0 radical (unpaired) electrons. The molecule has 4 rings (SSSR count). The van der Waals surface area contributed by atoms with Gasteiger partial charge in [-0.25, -0.2) is 19.8 Å². The highest BCUT2D eigenvalue weighted by Gasteiger charge is 2.30. The molecule has 1 saturated heterocycles. The summed E-state index contributed by atoms with van der Waals surface area (Å²) in [6.45, 7) is 0.743. The smallest absolute Gasteiger partial charge is 0.366 e. The van der Waals surface area contributed by atoms with Crippen molar-refractivity contribution in [1.29, 1.82) is 0 Å². The SMILES string of the molecule is O=C1OC(=Nc2ccc(N3CCCC3=O)cc2)c2nccnc21. The first kappa shape index (κ1) is 13.6. The Balaban J connectivity index is 1.63. The van der Waals surface area contributed by atoms with Crippen LogP contribution in [-0.4, -0.2) is 34.3 Å². The van der Waals surface area contributed by atoms with E-state index in [9.17, 15) is 9.59 Å². The van der Waals surface area contributed by atoms with Gasteiger partial charge in [0.2, 0.25) is 5.91 Å². The second-order valence-corrected chi connectivity index (χ2v) is 5.23. The van der Waals surface area contributed by atoms with Gasteiger partial charge in [0.15, 0.2) is 11.4 Å². The van der Waals surface area contributed by atoms with Crippen molar-refractivity contribution in [3.63, 3.8) is 0 Å². The number of ether oxygens (including phenoxy) is 1. The number of amides is 1. The molecule has 2 aliphatic heterocycles. The van der Waals surface area contributed by atoms with E-state index in [0.717, 1.165) is 18.7 Å². The number of aliphatic imine (C=N–C) groups is 1. The molecule has 23 heavy (non-hydrogen) atoms. The molecule has 0 bridgehead atoms. The molecule has 114 valence electrons. The minimum Gasteiger partial charge on any atom is -0.400 e. The van der Waals surface area contributed by atoms with E-state index >= 15 is 0 Å². The van der Waals surface area contributed by atoms with E-state index in [0.29, 0.717) is 17.8 Å². The zero-order valence-electron chi connectivity index (χ0n) is 12.1. The van der Waals surface area contributed by atoms with E-state index in [2.05, 4.69) is 15.0 Å². The third-order valence-corrected chi connectivity index (χ3v) is 3.75. The second kappa shape index (κ2) is 5.28. The van der Waals surface area contributed by atoms with Crippen molar-refractivity contribution in [2.24, 2.45) is 4.99 Å². The zero-order chi connectivity index (χ0) is 15.8. The van der Waals surface area contributed by atoms with Gasteiger partial charge in [-0.05, 0) is 30.7 Å². The number of benzene rings is 1. The van der Waals surface area contributed by atoms with Gasteiger partial charge in [-0.3, -0.25) is 4.79 Å². The van der Waals surface area contributed by atoms with Gasteiger partial charge in [0, 0.05) is 31.0 Å². The van der Waals surface area contributed by atoms with Gasteiger partial charge in [-0.15, -0.1) is 0 Å². The maximum absolute atomic E-state index is 11.7. The molecule has 1 fully saturated rings. The van der Waals surface area contributed by atoms with Crippen LogP contribution in [0.4, 0.5) is 11.4 Å². The molecule has 7 nitrogen and oxygen atoms in total. The number of carbonyl (C=O) groups is 2. The van der Waals surface area contributed by atoms with Gasteiger partial charge in [0.25, 0.3) is 5.90 Å². The normalized spacial score (nSPS) is 18.4. The van der Waals surface area contributed by atoms with Crippen molar-refractivity contribution in [3.8, 4) is 0 Å². The van der Waals surface area contributed by atoms with Gasteiger partial charge < -0.3 is 9.64 Å². The molecule has 1 aromatic carbocycles. The van der Waals surface area contributed by atoms with E-state index < -0.39 is 5.97 Å². The highest BCUT2D eigenvalue weighted by molar-refractivity contribution is 6.15. The summed E-state index contributed by atoms with van der Waals surface area (Å²) in [5.74, 6) is -0.271. The van der Waals surface area contributed by atoms with Crippen LogP contribution in [0.15, 0.2) is 41.7 Å². The summed E-state index contributed by atoms with van der Waals surface area (Å²) in [7, 11) is 0. The van der Waals surface area contributed by atoms with Gasteiger partial charge in [-0.1, -0.05) is 0 Å². The average Bonchev–Trinajstić information content (AvgIpc) is 3.13. The van der Waals surface area contributed by atoms with Crippen LogP contribution in [-0.2, 0) is 9.53 Å². The van der Waals surface area contributed by atoms with Crippen LogP contribution in [0.2, 0.25) is 0 Å². The summed E-state index contributed by atoms with van der Waals surface area (Å²) >= 11 is 0. The van der Waals surface area contributed by atoms with Crippen molar-refractivity contribution in [1.82, 2.24) is 9.97 Å². The fourth-order valence-corrected chi connectivity index (χ4v) is 2.65. The Morgan fingerprint density at radius 3 is 2.48 bits per heavy atom. The first-order chi connectivity index (χ1) is 11.2. The number of esters is 1. The van der Waals surface area contributed by atoms with Crippen molar-refractivity contribution in [2.75, 3.05) is 11.4 Å². The summed E-state index contributed by atoms with van der Waals surface area (Å²) < 4.78 is 5.10. The molecule has 0 unspecified atom stereocenters. The average molecular weight is 308 g/mol. The molecule has 1 amide bonds. The van der Waals surface area contributed by atoms with E-state index in [1.54, 1.807) is 17.0 Å². The van der Waals surface area contributed by atoms with E-state index in [-0.39, 0.29) is 17.5 Å². The van der Waals surface area contributed by atoms with Crippen LogP contribution in [0.1, 0.15) is 29.0 Å². The van der Waals surface area contributed by atoms with Crippen LogP contribution in [0.3, 0.4) is 0 Å². The van der Waals surface area contributed by atoms with Gasteiger partial charge in [0.1, 0.15) is 0 Å². The molecule has 2 aliphatic rings. The summed E-state index contributed by atoms with van der Waals surface area (Å²) in [5.41, 5.74) is 1.98. The molecule has 0 saturated carbocycles. The predicted molar refractivity (Wildman–Crippen MR) is 81.7 cm³/mol. The van der Waals surface area contributed by atoms with Gasteiger partial charge in [0.05, 0.1) is 5.69 Å². The Morgan fingerprint density at radius 2 is 1.78 bits per heavy atom. The lowest BCUT2D eigenvalue weighted by Crippen LogP contribution is -2.23. The van der Waals surface area contributed by atoms with Crippen LogP contribution < -0.4 is 4.90 Å². The second-order valence-electron chi connectivity index (χ2n) is 5.23. The monoisotopic (exact) mass is 308 g/mol. The molecule has 2 aromatic rings. The Morgan fingerprint density at radius 1 is 1.04 bits per heavy atom. The number of cyclic esters (lactones) is 1. The molecule has 0 atom stereocenters. The van der Waals surface area contributed by atoms with Crippen molar-refractivity contribution < 1.29 is 14.3 Å². The maximum atomic E-state index is 11.7. The Hall–Kier alpha value is -3.09. The number of carbonyl (C=O) groups excluding carboxylic acids is 2. The molecular weight excluding hydrogens is 296 g/mol. The Labute approximate surface area is 131 Å². The number of rotatable bonds is 2. The third-order valence-electron chi connectivity index (χ3n) is 3.75. The Bertz CT molecular complexity index is 829. The van der Waals surface area contributed by atoms with Gasteiger partial charge >= 0.3 is 5.97 Å². The van der Waals surface area contributed by atoms with Crippen LogP contribution in [0.5, 0.6) is 0 Å². The summed E-state index contributed by atoms with van der Waals surface area (Å²) in [4.78, 5) is 37.5. The lowest BCUT2D eigenvalue weighted by Gasteiger charge is -2.15. The molecule has 0 aliphatic carbocycles. The molecule has 0 N–H and O–H groups in total. The number of anilines is 1. The van der Waals surface area contributed by atoms with Gasteiger partial charge in [-0.2, -0.15) is 0 Å². The highest BCUT2D eigenvalue weighted by Crippen LogP contribution is 2.25. The van der Waals surface area contributed by atoms with E-state index in [1.807, 2.05) is 12.1 Å². The van der Waals surface area contributed by atoms with E-state index in [4.69, 9.17) is 4.74 Å². The number of aromatic nitrogens is 2. The highest BCUT2D eigenvalue weighted by atomic mass is 16.5. The van der Waals surface area contributed by atoms with Crippen molar-refractivity contribution >= 4 is 29.1 Å². The molecule has 1 aromatic heterocycles. The predicted octanol–water partition coefficient (Wildman–Crippen LogP) is 1.85. The molecular formula is C16H12N4O3. The minimum absolute atomic E-state index is 0.137. The van der Waals surface area contributed by atoms with Crippen LogP contribution in [0, 0.1) is 0 Å². The quantitative estimate of drug-likeness (QED) is 0.790. The lowest BCUT2D eigenvalue weighted by molar-refractivity contribution is -0.117. The minimum atomic E-state index is -0.550. The van der Waals surface area contributed by atoms with E-state index in [1.165, 1.54) is 12.4 Å². The zero-order valence-corrected chi connectivity index (χ0v) is 12.1. The standard InChI is InChI=1S/C16H12N4O3/c21-12-2-1-9-20(12)11-5-3-10(4-6-11)19-15-13-14(16(22)23-15)18-8-7-17-13/h3-8H,1-2,9H2. The summed E-state index contributed by atoms with van der Waals surface area (Å²) in [5, 5.41) is 0. The van der Waals surface area contributed by atoms with Crippen LogP contribution in [0.25, 0.3) is 0 Å². The molecule has 7 heteroatoms. The molecule has 3 heterocycles. The van der Waals surface area contributed by atoms with Crippen LogP contribution >= 0.6 is 0 Å². The van der Waals surface area contributed by atoms with Crippen molar-refractivity contribution in [3.05, 3.63) is 48.0 Å². The third kappa shape index (κ3) is 2.36. The first-order valence-electron chi connectivity index (χ1n) is 7.25. The lowest BCUT2D eigenvalue weighted by atomic mass is 10.2. The maximum Gasteiger partial charge on any atom is 0.366 e. The summed E-state index contributed by atoms with van der Waals surface area (Å²) in [6.07, 6.45) is 4.40. The Kier molecular flexibility index (Phi) is 3.11. The number of hydrogen-bond donors (Lipinski definition) is 0. The first-order valence-corrected chi connectivity index (χ1v) is 7.25. The fourth-order valence-electron chi connectivity index (χ4n) is 2.65. The number of nitrogens with zero attached hydrogens (tertiary/aromatic N) is 4. The topological polar surface area (TPSA) is 84.8 Å². The fraction of sp³-hybridized carbons (Fsp3) is 0.188. The number of hydrogen-bond acceptors (Lipinski definition) is 6. The largest absolute Gasteiger partial charge is 0.400 e.